The summed E-state index contributed by atoms with van der Waals surface area (Å²) in [5.74, 6) is 1.61. The first-order valence-corrected chi connectivity index (χ1v) is 10.2. The lowest BCUT2D eigenvalue weighted by Gasteiger charge is -2.18. The highest BCUT2D eigenvalue weighted by Crippen LogP contribution is 2.22. The lowest BCUT2D eigenvalue weighted by molar-refractivity contribution is 0.192. The normalized spacial score (nSPS) is 15.6. The Kier molecular flexibility index (Phi) is 6.16. The van der Waals surface area contributed by atoms with Crippen molar-refractivity contribution < 1.29 is 14.6 Å². The van der Waals surface area contributed by atoms with Crippen LogP contribution in [0.3, 0.4) is 0 Å². The third-order valence-electron chi connectivity index (χ3n) is 5.30. The number of ether oxygens (including phenoxy) is 1. The molecule has 1 amide bonds. The predicted octanol–water partition coefficient (Wildman–Crippen LogP) is 2.91. The molecule has 2 aromatic heterocycles. The molecule has 0 bridgehead atoms. The van der Waals surface area contributed by atoms with Crippen LogP contribution in [0.25, 0.3) is 5.69 Å². The molecule has 1 fully saturated rings. The molecule has 1 aromatic carbocycles. The van der Waals surface area contributed by atoms with Crippen LogP contribution >= 0.6 is 0 Å². The third kappa shape index (κ3) is 5.22. The highest BCUT2D eigenvalue weighted by Gasteiger charge is 2.23. The van der Waals surface area contributed by atoms with Gasteiger partial charge in [0.2, 0.25) is 0 Å². The summed E-state index contributed by atoms with van der Waals surface area (Å²) in [6.07, 6.45) is 3.27. The number of hydrogen-bond donors (Lipinski definition) is 2. The molecular formula is C23H24N4O4. The van der Waals surface area contributed by atoms with Gasteiger partial charge in [0, 0.05) is 31.9 Å². The average Bonchev–Trinajstić information content (AvgIpc) is 3.26. The number of nitrogens with one attached hydrogen (secondary N) is 1. The van der Waals surface area contributed by atoms with Crippen molar-refractivity contribution in [2.45, 2.75) is 13.0 Å². The first kappa shape index (κ1) is 20.5. The van der Waals surface area contributed by atoms with Crippen molar-refractivity contribution in [2.75, 3.05) is 24.5 Å². The molecule has 3 heterocycles. The molecule has 2 N–H and O–H groups in total. The first-order valence-electron chi connectivity index (χ1n) is 10.2. The smallest absolute Gasteiger partial charge is 0.404 e. The Bertz CT molecular complexity index is 1080. The molecule has 4 rings (SSSR count). The molecule has 0 unspecified atom stereocenters. The van der Waals surface area contributed by atoms with Crippen molar-refractivity contribution >= 4 is 11.9 Å². The minimum Gasteiger partial charge on any atom is -0.489 e. The Morgan fingerprint density at radius 3 is 2.74 bits per heavy atom. The quantitative estimate of drug-likeness (QED) is 0.610. The molecule has 1 aliphatic heterocycles. The molecule has 1 atom stereocenters. The van der Waals surface area contributed by atoms with Crippen LogP contribution < -0.4 is 20.5 Å². The summed E-state index contributed by atoms with van der Waals surface area (Å²) in [6.45, 7) is 2.42. The van der Waals surface area contributed by atoms with Crippen LogP contribution in [0.2, 0.25) is 0 Å². The van der Waals surface area contributed by atoms with Gasteiger partial charge in [-0.15, -0.1) is 0 Å². The van der Waals surface area contributed by atoms with Crippen LogP contribution in [-0.4, -0.2) is 40.4 Å². The summed E-state index contributed by atoms with van der Waals surface area (Å²) in [7, 11) is 0. The van der Waals surface area contributed by atoms with Crippen LogP contribution in [0.1, 0.15) is 12.0 Å². The Hall–Kier alpha value is -3.81. The van der Waals surface area contributed by atoms with Crippen molar-refractivity contribution in [3.63, 3.8) is 0 Å². The SMILES string of the molecule is O=C(O)NC[C@@H]1CCN(c2ccc(-n3ccc(OCc4ccccc4)cc3=O)cn2)C1. The zero-order chi connectivity index (χ0) is 21.6. The third-order valence-corrected chi connectivity index (χ3v) is 5.30. The number of pyridine rings is 2. The van der Waals surface area contributed by atoms with Gasteiger partial charge in [-0.2, -0.15) is 0 Å². The van der Waals surface area contributed by atoms with Crippen molar-refractivity contribution in [1.82, 2.24) is 14.9 Å². The van der Waals surface area contributed by atoms with Crippen LogP contribution in [0.5, 0.6) is 5.75 Å². The maximum absolute atomic E-state index is 12.6. The zero-order valence-electron chi connectivity index (χ0n) is 17.0. The topological polar surface area (TPSA) is 96.7 Å². The fourth-order valence-electron chi connectivity index (χ4n) is 3.65. The van der Waals surface area contributed by atoms with Gasteiger partial charge in [0.15, 0.2) is 0 Å². The van der Waals surface area contributed by atoms with E-state index in [0.717, 1.165) is 30.9 Å². The largest absolute Gasteiger partial charge is 0.489 e. The van der Waals surface area contributed by atoms with E-state index in [9.17, 15) is 9.59 Å². The highest BCUT2D eigenvalue weighted by atomic mass is 16.5. The second-order valence-electron chi connectivity index (χ2n) is 7.51. The van der Waals surface area contributed by atoms with Crippen molar-refractivity contribution in [3.8, 4) is 11.4 Å². The van der Waals surface area contributed by atoms with Gasteiger partial charge in [-0.25, -0.2) is 9.78 Å². The van der Waals surface area contributed by atoms with E-state index >= 15 is 0 Å². The Balaban J connectivity index is 1.38. The number of nitrogens with zero attached hydrogens (tertiary/aromatic N) is 3. The fraction of sp³-hybridized carbons (Fsp3) is 0.261. The molecule has 31 heavy (non-hydrogen) atoms. The van der Waals surface area contributed by atoms with Crippen molar-refractivity contribution in [1.29, 1.82) is 0 Å². The van der Waals surface area contributed by atoms with E-state index in [1.165, 1.54) is 10.6 Å². The maximum Gasteiger partial charge on any atom is 0.404 e. The predicted molar refractivity (Wildman–Crippen MR) is 117 cm³/mol. The van der Waals surface area contributed by atoms with E-state index in [1.807, 2.05) is 42.5 Å². The van der Waals surface area contributed by atoms with Gasteiger partial charge in [0.05, 0.1) is 11.9 Å². The minimum absolute atomic E-state index is 0.193. The monoisotopic (exact) mass is 420 g/mol. The van der Waals surface area contributed by atoms with E-state index in [4.69, 9.17) is 9.84 Å². The molecule has 0 aliphatic carbocycles. The maximum atomic E-state index is 12.6. The number of benzene rings is 1. The average molecular weight is 420 g/mol. The van der Waals surface area contributed by atoms with Crippen LogP contribution in [0, 0.1) is 5.92 Å². The molecule has 0 saturated carbocycles. The number of amides is 1. The molecule has 3 aromatic rings. The van der Waals surface area contributed by atoms with Gasteiger partial charge in [-0.3, -0.25) is 9.36 Å². The van der Waals surface area contributed by atoms with Crippen molar-refractivity contribution in [2.24, 2.45) is 5.92 Å². The zero-order valence-corrected chi connectivity index (χ0v) is 17.0. The second-order valence-corrected chi connectivity index (χ2v) is 7.51. The molecule has 1 saturated heterocycles. The standard InChI is InChI=1S/C23H24N4O4/c28-22-12-20(31-16-17-4-2-1-3-5-17)9-11-27(22)19-6-7-21(24-14-19)26-10-8-18(15-26)13-25-23(29)30/h1-7,9,11-12,14,18,25H,8,10,13,15-16H2,(H,29,30)/t18-/m0/s1. The lowest BCUT2D eigenvalue weighted by atomic mass is 10.1. The Labute approximate surface area is 179 Å². The molecule has 160 valence electrons. The number of carboxylic acid groups (broad SMARTS) is 1. The molecule has 0 radical (unpaired) electrons. The van der Waals surface area contributed by atoms with Gasteiger partial charge in [-0.1, -0.05) is 30.3 Å². The lowest BCUT2D eigenvalue weighted by Crippen LogP contribution is -2.29. The van der Waals surface area contributed by atoms with Gasteiger partial charge < -0.3 is 20.1 Å². The van der Waals surface area contributed by atoms with Crippen molar-refractivity contribution in [3.05, 3.63) is 82.9 Å². The second kappa shape index (κ2) is 9.34. The summed E-state index contributed by atoms with van der Waals surface area (Å²) in [4.78, 5) is 29.8. The van der Waals surface area contributed by atoms with Crippen LogP contribution in [-0.2, 0) is 6.61 Å². The highest BCUT2D eigenvalue weighted by molar-refractivity contribution is 5.64. The summed E-state index contributed by atoms with van der Waals surface area (Å²) in [6, 6.07) is 16.8. The molecule has 1 aliphatic rings. The van der Waals surface area contributed by atoms with E-state index in [0.29, 0.717) is 24.6 Å². The number of hydrogen-bond acceptors (Lipinski definition) is 5. The minimum atomic E-state index is -0.997. The summed E-state index contributed by atoms with van der Waals surface area (Å²) in [5, 5.41) is 11.2. The number of anilines is 1. The summed E-state index contributed by atoms with van der Waals surface area (Å²) in [5.41, 5.74) is 1.52. The van der Waals surface area contributed by atoms with E-state index in [2.05, 4.69) is 15.2 Å². The van der Waals surface area contributed by atoms with E-state index in [-0.39, 0.29) is 11.5 Å². The van der Waals surface area contributed by atoms with Gasteiger partial charge in [-0.05, 0) is 36.1 Å². The summed E-state index contributed by atoms with van der Waals surface area (Å²) >= 11 is 0. The van der Waals surface area contributed by atoms with E-state index in [1.54, 1.807) is 18.5 Å². The number of rotatable bonds is 7. The fourth-order valence-corrected chi connectivity index (χ4v) is 3.65. The molecule has 0 spiro atoms. The van der Waals surface area contributed by atoms with Crippen LogP contribution in [0.15, 0.2) is 71.8 Å². The number of carbonyl (C=O) groups is 1. The molecule has 8 nitrogen and oxygen atoms in total. The van der Waals surface area contributed by atoms with Gasteiger partial charge in [0.25, 0.3) is 5.56 Å². The molecular weight excluding hydrogens is 396 g/mol. The number of aromatic nitrogens is 2. The van der Waals surface area contributed by atoms with E-state index < -0.39 is 6.09 Å². The summed E-state index contributed by atoms with van der Waals surface area (Å²) < 4.78 is 7.24. The Morgan fingerprint density at radius 2 is 2.03 bits per heavy atom. The molecule has 8 heteroatoms. The van der Waals surface area contributed by atoms with Crippen LogP contribution in [0.4, 0.5) is 10.6 Å². The van der Waals surface area contributed by atoms with Gasteiger partial charge in [0.1, 0.15) is 18.2 Å². The van der Waals surface area contributed by atoms with Gasteiger partial charge >= 0.3 is 6.09 Å². The first-order chi connectivity index (χ1) is 15.1. The Morgan fingerprint density at radius 1 is 1.19 bits per heavy atom.